The van der Waals surface area contributed by atoms with Gasteiger partial charge in [-0.15, -0.1) is 0 Å². The van der Waals surface area contributed by atoms with E-state index in [0.29, 0.717) is 32.1 Å². The highest BCUT2D eigenvalue weighted by atomic mass is 16.5. The molecule has 0 aromatic heterocycles. The van der Waals surface area contributed by atoms with E-state index < -0.39 is 18.0 Å². The number of carboxylic acids is 1. The Morgan fingerprint density at radius 3 is 2.09 bits per heavy atom. The minimum absolute atomic E-state index is 0.0204. The van der Waals surface area contributed by atoms with Gasteiger partial charge in [0.15, 0.2) is 0 Å². The van der Waals surface area contributed by atoms with Crippen LogP contribution in [0.2, 0.25) is 0 Å². The summed E-state index contributed by atoms with van der Waals surface area (Å²) in [6.07, 6.45) is 4.51. The SMILES string of the molecule is O=C(NC1CCC(C(=O)N[C@@H]2CCC[C@@H]2C(=O)O)CC1)OCC1c2ccccc2-c2ccccc21. The van der Waals surface area contributed by atoms with Crippen molar-refractivity contribution in [2.75, 3.05) is 6.61 Å². The number of benzene rings is 2. The number of carbonyl (C=O) groups excluding carboxylic acids is 2. The van der Waals surface area contributed by atoms with Crippen molar-refractivity contribution in [3.8, 4) is 11.1 Å². The van der Waals surface area contributed by atoms with Crippen LogP contribution in [0.5, 0.6) is 0 Å². The number of alkyl carbamates (subject to hydrolysis) is 1. The molecular weight excluding hydrogens is 444 g/mol. The zero-order valence-electron chi connectivity index (χ0n) is 19.7. The highest BCUT2D eigenvalue weighted by Gasteiger charge is 2.36. The molecule has 2 aromatic rings. The van der Waals surface area contributed by atoms with Crippen LogP contribution in [0.3, 0.4) is 0 Å². The number of nitrogens with one attached hydrogen (secondary N) is 2. The van der Waals surface area contributed by atoms with Gasteiger partial charge in [-0.2, -0.15) is 0 Å². The van der Waals surface area contributed by atoms with Crippen LogP contribution >= 0.6 is 0 Å². The third kappa shape index (κ3) is 4.90. The van der Waals surface area contributed by atoms with Gasteiger partial charge < -0.3 is 20.5 Å². The lowest BCUT2D eigenvalue weighted by Crippen LogP contribution is -2.45. The van der Waals surface area contributed by atoms with Gasteiger partial charge in [0, 0.05) is 23.9 Å². The van der Waals surface area contributed by atoms with Gasteiger partial charge in [0.25, 0.3) is 0 Å². The molecule has 0 heterocycles. The van der Waals surface area contributed by atoms with Crippen molar-refractivity contribution in [2.24, 2.45) is 11.8 Å². The molecule has 3 aliphatic rings. The molecule has 7 nitrogen and oxygen atoms in total. The van der Waals surface area contributed by atoms with Crippen LogP contribution in [0.25, 0.3) is 11.1 Å². The third-order valence-electron chi connectivity index (χ3n) is 7.92. The second-order valence-corrected chi connectivity index (χ2v) is 10.0. The van der Waals surface area contributed by atoms with E-state index in [4.69, 9.17) is 4.74 Å². The minimum atomic E-state index is -0.830. The first-order valence-corrected chi connectivity index (χ1v) is 12.7. The molecule has 2 amide bonds. The minimum Gasteiger partial charge on any atom is -0.481 e. The monoisotopic (exact) mass is 476 g/mol. The largest absolute Gasteiger partial charge is 0.481 e. The molecule has 3 N–H and O–H groups in total. The maximum Gasteiger partial charge on any atom is 0.407 e. The first kappa shape index (κ1) is 23.4. The van der Waals surface area contributed by atoms with Crippen molar-refractivity contribution in [1.29, 1.82) is 0 Å². The maximum atomic E-state index is 12.7. The first-order chi connectivity index (χ1) is 17.0. The fourth-order valence-electron chi connectivity index (χ4n) is 6.04. The van der Waals surface area contributed by atoms with Crippen LogP contribution in [0.15, 0.2) is 48.5 Å². The number of aliphatic carboxylic acids is 1. The fraction of sp³-hybridized carbons (Fsp3) is 0.464. The normalized spacial score (nSPS) is 25.4. The van der Waals surface area contributed by atoms with Gasteiger partial charge in [0.05, 0.1) is 5.92 Å². The average Bonchev–Trinajstić information content (AvgIpc) is 3.46. The van der Waals surface area contributed by atoms with Crippen LogP contribution in [0.1, 0.15) is 62.0 Å². The Balaban J connectivity index is 1.09. The van der Waals surface area contributed by atoms with Gasteiger partial charge >= 0.3 is 12.1 Å². The summed E-state index contributed by atoms with van der Waals surface area (Å²) in [4.78, 5) is 36.6. The predicted molar refractivity (Wildman–Crippen MR) is 131 cm³/mol. The third-order valence-corrected chi connectivity index (χ3v) is 7.92. The zero-order valence-corrected chi connectivity index (χ0v) is 19.7. The summed E-state index contributed by atoms with van der Waals surface area (Å²) in [5, 5.41) is 15.3. The lowest BCUT2D eigenvalue weighted by Gasteiger charge is -2.29. The molecule has 7 heteroatoms. The number of fused-ring (bicyclic) bond motifs is 3. The molecule has 2 aromatic carbocycles. The van der Waals surface area contributed by atoms with E-state index in [1.807, 2.05) is 24.3 Å². The van der Waals surface area contributed by atoms with Crippen molar-refractivity contribution in [3.05, 3.63) is 59.7 Å². The number of hydrogen-bond donors (Lipinski definition) is 3. The molecule has 35 heavy (non-hydrogen) atoms. The Bertz CT molecular complexity index is 1060. The standard InChI is InChI=1S/C28H32N2O5/c31-26(30-25-11-5-10-23(25)27(32)33)17-12-14-18(15-13-17)29-28(34)35-16-24-21-8-3-1-6-19(21)20-7-2-4-9-22(20)24/h1-4,6-9,17-18,23-25H,5,10-16H2,(H,29,34)(H,30,31)(H,32,33)/t17?,18?,23-,25+/m0/s1. The Labute approximate surface area is 205 Å². The van der Waals surface area contributed by atoms with Crippen molar-refractivity contribution in [2.45, 2.75) is 62.9 Å². The lowest BCUT2D eigenvalue weighted by atomic mass is 9.85. The summed E-state index contributed by atoms with van der Waals surface area (Å²) in [5.74, 6) is -1.47. The molecule has 184 valence electrons. The summed E-state index contributed by atoms with van der Waals surface area (Å²) < 4.78 is 5.65. The van der Waals surface area contributed by atoms with Gasteiger partial charge in [0.1, 0.15) is 6.61 Å². The van der Waals surface area contributed by atoms with Crippen LogP contribution in [-0.4, -0.2) is 41.8 Å². The number of rotatable bonds is 6. The summed E-state index contributed by atoms with van der Waals surface area (Å²) in [6.45, 7) is 0.281. The van der Waals surface area contributed by atoms with E-state index in [1.165, 1.54) is 22.3 Å². The number of amides is 2. The number of carboxylic acid groups (broad SMARTS) is 1. The number of carbonyl (C=O) groups is 3. The molecule has 2 atom stereocenters. The summed E-state index contributed by atoms with van der Waals surface area (Å²) in [6, 6.07) is 16.2. The lowest BCUT2D eigenvalue weighted by molar-refractivity contribution is -0.142. The molecule has 2 fully saturated rings. The van der Waals surface area contributed by atoms with E-state index in [2.05, 4.69) is 34.9 Å². The Kier molecular flexibility index (Phi) is 6.75. The summed E-state index contributed by atoms with van der Waals surface area (Å²) in [5.41, 5.74) is 4.75. The Morgan fingerprint density at radius 1 is 0.829 bits per heavy atom. The molecular formula is C28H32N2O5. The van der Waals surface area contributed by atoms with Crippen LogP contribution in [0.4, 0.5) is 4.79 Å². The second-order valence-electron chi connectivity index (χ2n) is 10.0. The molecule has 0 aliphatic heterocycles. The molecule has 0 radical (unpaired) electrons. The molecule has 0 saturated heterocycles. The molecule has 2 saturated carbocycles. The van der Waals surface area contributed by atoms with E-state index in [-0.39, 0.29) is 36.4 Å². The fourth-order valence-corrected chi connectivity index (χ4v) is 6.04. The van der Waals surface area contributed by atoms with E-state index in [9.17, 15) is 19.5 Å². The van der Waals surface area contributed by atoms with Crippen molar-refractivity contribution < 1.29 is 24.2 Å². The van der Waals surface area contributed by atoms with Gasteiger partial charge in [-0.25, -0.2) is 4.79 Å². The summed E-state index contributed by atoms with van der Waals surface area (Å²) >= 11 is 0. The average molecular weight is 477 g/mol. The van der Waals surface area contributed by atoms with Gasteiger partial charge in [0.2, 0.25) is 5.91 Å². The van der Waals surface area contributed by atoms with Gasteiger partial charge in [-0.05, 0) is 60.8 Å². The van der Waals surface area contributed by atoms with Crippen LogP contribution in [0, 0.1) is 11.8 Å². The van der Waals surface area contributed by atoms with Gasteiger partial charge in [-0.3, -0.25) is 9.59 Å². The number of hydrogen-bond acceptors (Lipinski definition) is 4. The summed E-state index contributed by atoms with van der Waals surface area (Å²) in [7, 11) is 0. The molecule has 5 rings (SSSR count). The predicted octanol–water partition coefficient (Wildman–Crippen LogP) is 4.45. The van der Waals surface area contributed by atoms with Crippen LogP contribution < -0.4 is 10.6 Å². The first-order valence-electron chi connectivity index (χ1n) is 12.7. The van der Waals surface area contributed by atoms with E-state index in [0.717, 1.165) is 12.8 Å². The zero-order chi connectivity index (χ0) is 24.4. The topological polar surface area (TPSA) is 105 Å². The van der Waals surface area contributed by atoms with Gasteiger partial charge in [-0.1, -0.05) is 55.0 Å². The van der Waals surface area contributed by atoms with E-state index >= 15 is 0 Å². The van der Waals surface area contributed by atoms with E-state index in [1.54, 1.807) is 0 Å². The highest BCUT2D eigenvalue weighted by Crippen LogP contribution is 2.44. The quantitative estimate of drug-likeness (QED) is 0.571. The smallest absolute Gasteiger partial charge is 0.407 e. The molecule has 0 spiro atoms. The van der Waals surface area contributed by atoms with Crippen molar-refractivity contribution >= 4 is 18.0 Å². The molecule has 0 bridgehead atoms. The Morgan fingerprint density at radius 2 is 1.46 bits per heavy atom. The highest BCUT2D eigenvalue weighted by molar-refractivity contribution is 5.81. The van der Waals surface area contributed by atoms with Crippen molar-refractivity contribution in [3.63, 3.8) is 0 Å². The number of ether oxygens (including phenoxy) is 1. The Hall–Kier alpha value is -3.35. The molecule has 0 unspecified atom stereocenters. The molecule has 3 aliphatic carbocycles. The maximum absolute atomic E-state index is 12.7. The van der Waals surface area contributed by atoms with Crippen LogP contribution in [-0.2, 0) is 14.3 Å². The second kappa shape index (κ2) is 10.1. The van der Waals surface area contributed by atoms with Crippen molar-refractivity contribution in [1.82, 2.24) is 10.6 Å².